The molecule has 0 heterocycles. The van der Waals surface area contributed by atoms with Crippen molar-refractivity contribution in [1.29, 1.82) is 0 Å². The molecule has 0 bridgehead atoms. The van der Waals surface area contributed by atoms with Gasteiger partial charge in [-0.3, -0.25) is 14.4 Å². The topological polar surface area (TPSA) is 78.9 Å². The van der Waals surface area contributed by atoms with Gasteiger partial charge in [0.25, 0.3) is 0 Å². The largest absolute Gasteiger partial charge is 0.462 e. The lowest BCUT2D eigenvalue weighted by atomic mass is 10.0. The Bertz CT molecular complexity index is 1520. The van der Waals surface area contributed by atoms with Crippen LogP contribution >= 0.6 is 0 Å². The lowest BCUT2D eigenvalue weighted by Gasteiger charge is -2.18. The maximum atomic E-state index is 12.9. The number of rotatable bonds is 56. The highest BCUT2D eigenvalue weighted by Gasteiger charge is 2.19. The first-order valence-electron chi connectivity index (χ1n) is 31.4. The summed E-state index contributed by atoms with van der Waals surface area (Å²) in [6.45, 7) is 6.45. The summed E-state index contributed by atoms with van der Waals surface area (Å²) in [4.78, 5) is 38.2. The molecule has 428 valence electrons. The van der Waals surface area contributed by atoms with Gasteiger partial charge in [-0.25, -0.2) is 0 Å². The summed E-state index contributed by atoms with van der Waals surface area (Å²) in [5, 5.41) is 0. The molecular formula is C69H116O6. The van der Waals surface area contributed by atoms with Crippen molar-refractivity contribution in [2.75, 3.05) is 13.2 Å². The second kappa shape index (κ2) is 62.6. The molecule has 0 N–H and O–H groups in total. The Balaban J connectivity index is 4.39. The van der Waals surface area contributed by atoms with Gasteiger partial charge in [0.1, 0.15) is 13.2 Å². The number of carbonyl (C=O) groups excluding carboxylic acids is 3. The normalized spacial score (nSPS) is 12.8. The highest BCUT2D eigenvalue weighted by atomic mass is 16.6. The average molecular weight is 1040 g/mol. The van der Waals surface area contributed by atoms with Crippen molar-refractivity contribution in [2.24, 2.45) is 0 Å². The van der Waals surface area contributed by atoms with Gasteiger partial charge in [-0.1, -0.05) is 265 Å². The van der Waals surface area contributed by atoms with Crippen LogP contribution in [0.4, 0.5) is 0 Å². The first-order valence-corrected chi connectivity index (χ1v) is 31.4. The molecule has 0 fully saturated rings. The van der Waals surface area contributed by atoms with Gasteiger partial charge in [0.15, 0.2) is 6.10 Å². The van der Waals surface area contributed by atoms with E-state index >= 15 is 0 Å². The van der Waals surface area contributed by atoms with E-state index < -0.39 is 6.10 Å². The minimum atomic E-state index is -0.807. The fraction of sp³-hybridized carbons (Fsp3) is 0.696. The zero-order chi connectivity index (χ0) is 54.3. The van der Waals surface area contributed by atoms with Crippen LogP contribution in [0.3, 0.4) is 0 Å². The Morgan fingerprint density at radius 3 is 0.920 bits per heavy atom. The first-order chi connectivity index (χ1) is 37.0. The molecule has 6 heteroatoms. The maximum Gasteiger partial charge on any atom is 0.306 e. The van der Waals surface area contributed by atoms with E-state index in [2.05, 4.69) is 130 Å². The lowest BCUT2D eigenvalue weighted by molar-refractivity contribution is -0.167. The molecule has 0 aliphatic carbocycles. The molecule has 0 amide bonds. The third-order valence-corrected chi connectivity index (χ3v) is 13.2. The van der Waals surface area contributed by atoms with Crippen molar-refractivity contribution in [1.82, 2.24) is 0 Å². The van der Waals surface area contributed by atoms with Crippen LogP contribution in [-0.2, 0) is 28.6 Å². The fourth-order valence-electron chi connectivity index (χ4n) is 8.53. The number of carbonyl (C=O) groups is 3. The molecule has 75 heavy (non-hydrogen) atoms. The van der Waals surface area contributed by atoms with E-state index in [-0.39, 0.29) is 37.5 Å². The third kappa shape index (κ3) is 60.8. The van der Waals surface area contributed by atoms with E-state index in [4.69, 9.17) is 14.2 Å². The highest BCUT2D eigenvalue weighted by molar-refractivity contribution is 5.71. The third-order valence-electron chi connectivity index (χ3n) is 13.2. The molecule has 0 aromatic carbocycles. The van der Waals surface area contributed by atoms with Crippen LogP contribution in [0.25, 0.3) is 0 Å². The first kappa shape index (κ1) is 71.1. The summed E-state index contributed by atoms with van der Waals surface area (Å²) in [6, 6.07) is 0. The predicted octanol–water partition coefficient (Wildman–Crippen LogP) is 21.4. The molecule has 0 saturated heterocycles. The highest BCUT2D eigenvalue weighted by Crippen LogP contribution is 2.15. The average Bonchev–Trinajstić information content (AvgIpc) is 3.41. The number of allylic oxidation sites excluding steroid dienone is 18. The molecule has 0 spiro atoms. The van der Waals surface area contributed by atoms with E-state index in [1.165, 1.54) is 141 Å². The van der Waals surface area contributed by atoms with Gasteiger partial charge in [-0.05, 0) is 116 Å². The number of ether oxygens (including phenoxy) is 3. The van der Waals surface area contributed by atoms with Crippen LogP contribution in [0.15, 0.2) is 109 Å². The van der Waals surface area contributed by atoms with E-state index in [1.807, 2.05) is 0 Å². The molecule has 0 saturated carbocycles. The Kier molecular flexibility index (Phi) is 59.3. The molecular weight excluding hydrogens is 925 g/mol. The SMILES string of the molecule is CC/C=C\C/C=C\C/C=C\C/C=C\C/C=C\C/C=C\C/C=C\CCCC(=O)OCC(COC(=O)CCCCCCC/C=C\CCCC)OC(=O)CCCCCCCCCCCCC/C=C\CCCCCCCCCC. The van der Waals surface area contributed by atoms with Gasteiger partial charge < -0.3 is 14.2 Å². The molecule has 6 nitrogen and oxygen atoms in total. The summed E-state index contributed by atoms with van der Waals surface area (Å²) < 4.78 is 16.8. The van der Waals surface area contributed by atoms with Crippen molar-refractivity contribution in [3.05, 3.63) is 109 Å². The second-order valence-corrected chi connectivity index (χ2v) is 20.6. The minimum Gasteiger partial charge on any atom is -0.462 e. The van der Waals surface area contributed by atoms with Gasteiger partial charge in [0.2, 0.25) is 0 Å². The second-order valence-electron chi connectivity index (χ2n) is 20.6. The van der Waals surface area contributed by atoms with Crippen molar-refractivity contribution in [3.63, 3.8) is 0 Å². The van der Waals surface area contributed by atoms with Crippen molar-refractivity contribution in [3.8, 4) is 0 Å². The Morgan fingerprint density at radius 2 is 0.547 bits per heavy atom. The van der Waals surface area contributed by atoms with E-state index in [0.717, 1.165) is 103 Å². The van der Waals surface area contributed by atoms with Crippen LogP contribution in [0.1, 0.15) is 290 Å². The predicted molar refractivity (Wildman–Crippen MR) is 325 cm³/mol. The Hall–Kier alpha value is -3.93. The number of esters is 3. The van der Waals surface area contributed by atoms with E-state index in [9.17, 15) is 14.4 Å². The summed E-state index contributed by atoms with van der Waals surface area (Å²) in [5.41, 5.74) is 0. The van der Waals surface area contributed by atoms with Gasteiger partial charge in [0.05, 0.1) is 0 Å². The molecule has 0 aromatic heterocycles. The number of hydrogen-bond acceptors (Lipinski definition) is 6. The van der Waals surface area contributed by atoms with Crippen molar-refractivity contribution in [2.45, 2.75) is 297 Å². The monoisotopic (exact) mass is 1040 g/mol. The number of unbranched alkanes of at least 4 members (excludes halogenated alkanes) is 27. The summed E-state index contributed by atoms with van der Waals surface area (Å²) >= 11 is 0. The smallest absolute Gasteiger partial charge is 0.306 e. The molecule has 1 unspecified atom stereocenters. The van der Waals surface area contributed by atoms with Crippen LogP contribution in [-0.4, -0.2) is 37.2 Å². The Labute approximate surface area is 463 Å². The summed E-state index contributed by atoms with van der Waals surface area (Å²) in [5.74, 6) is -0.968. The minimum absolute atomic E-state index is 0.101. The zero-order valence-electron chi connectivity index (χ0n) is 49.0. The van der Waals surface area contributed by atoms with Crippen LogP contribution in [0.5, 0.6) is 0 Å². The fourth-order valence-corrected chi connectivity index (χ4v) is 8.53. The summed E-state index contributed by atoms with van der Waals surface area (Å²) in [7, 11) is 0. The molecule has 0 rings (SSSR count). The summed E-state index contributed by atoms with van der Waals surface area (Å²) in [6.07, 6.45) is 85.3. The molecule has 0 aliphatic heterocycles. The molecule has 0 aromatic rings. The standard InChI is InChI=1S/C69H116O6/c1-4-7-10-13-16-19-22-24-26-28-30-32-34-36-38-40-42-44-47-50-53-56-59-62-68(71)74-65-66(64-73-67(70)61-58-55-52-49-46-21-18-15-12-9-6-3)75-69(72)63-60-57-54-51-48-45-43-41-39-37-35-33-31-29-27-25-23-20-17-14-11-8-5-2/h7,10,15-16,18-19,24,26,29-32,36,38,42,44,50,53,66H,4-6,8-9,11-14,17,20-23,25,27-28,33-35,37,39-41,43,45-49,51-52,54-65H2,1-3H3/b10-7-,18-15-,19-16-,26-24-,31-29-,32-30-,38-36-,44-42-,53-50-. The van der Waals surface area contributed by atoms with Crippen LogP contribution < -0.4 is 0 Å². The zero-order valence-corrected chi connectivity index (χ0v) is 49.0. The lowest BCUT2D eigenvalue weighted by Crippen LogP contribution is -2.30. The van der Waals surface area contributed by atoms with Gasteiger partial charge in [-0.15, -0.1) is 0 Å². The van der Waals surface area contributed by atoms with Gasteiger partial charge in [0, 0.05) is 19.3 Å². The van der Waals surface area contributed by atoms with Crippen LogP contribution in [0, 0.1) is 0 Å². The van der Waals surface area contributed by atoms with E-state index in [1.54, 1.807) is 0 Å². The number of hydrogen-bond donors (Lipinski definition) is 0. The maximum absolute atomic E-state index is 12.9. The van der Waals surface area contributed by atoms with Gasteiger partial charge in [-0.2, -0.15) is 0 Å². The molecule has 1 atom stereocenters. The van der Waals surface area contributed by atoms with Gasteiger partial charge >= 0.3 is 17.9 Å². The quantitative estimate of drug-likeness (QED) is 0.0261. The van der Waals surface area contributed by atoms with Crippen molar-refractivity contribution >= 4 is 17.9 Å². The van der Waals surface area contributed by atoms with E-state index in [0.29, 0.717) is 19.3 Å². The van der Waals surface area contributed by atoms with Crippen molar-refractivity contribution < 1.29 is 28.6 Å². The van der Waals surface area contributed by atoms with Crippen LogP contribution in [0.2, 0.25) is 0 Å². The molecule has 0 aliphatic rings. The molecule has 0 radical (unpaired) electrons. The Morgan fingerprint density at radius 1 is 0.280 bits per heavy atom.